The molecule has 2 unspecified atom stereocenters. The molecule has 1 nitrogen and oxygen atoms in total. The van der Waals surface area contributed by atoms with Gasteiger partial charge in [-0.25, -0.2) is 0 Å². The van der Waals surface area contributed by atoms with E-state index in [0.717, 1.165) is 23.5 Å². The molecule has 1 aliphatic carbocycles. The Morgan fingerprint density at radius 1 is 1.10 bits per heavy atom. The lowest BCUT2D eigenvalue weighted by molar-refractivity contribution is 0.474. The number of aromatic hydroxyl groups is 1. The highest BCUT2D eigenvalue weighted by atomic mass is 35.5. The van der Waals surface area contributed by atoms with Gasteiger partial charge in [-0.3, -0.25) is 0 Å². The first-order valence-electron chi connectivity index (χ1n) is 10.8. The van der Waals surface area contributed by atoms with Crippen LogP contribution in [0.4, 0.5) is 0 Å². The van der Waals surface area contributed by atoms with Gasteiger partial charge >= 0.3 is 0 Å². The van der Waals surface area contributed by atoms with Crippen molar-refractivity contribution in [1.82, 2.24) is 0 Å². The number of aryl methyl sites for hydroxylation is 2. The quantitative estimate of drug-likeness (QED) is 0.342. The zero-order valence-corrected chi connectivity index (χ0v) is 21.9. The van der Waals surface area contributed by atoms with Crippen LogP contribution < -0.4 is 0 Å². The maximum Gasteiger partial charge on any atom is 0.118 e. The summed E-state index contributed by atoms with van der Waals surface area (Å²) in [7, 11) is 0. The van der Waals surface area contributed by atoms with E-state index in [1.165, 1.54) is 29.0 Å². The molecule has 1 N–H and O–H groups in total. The fourth-order valence-corrected chi connectivity index (χ4v) is 5.69. The predicted octanol–water partition coefficient (Wildman–Crippen LogP) is 9.61. The Balaban J connectivity index is 0.000000513. The number of hydrogen-bond donors (Lipinski definition) is 1. The van der Waals surface area contributed by atoms with Crippen molar-refractivity contribution in [3.63, 3.8) is 0 Å². The Labute approximate surface area is 197 Å². The lowest BCUT2D eigenvalue weighted by atomic mass is 10.1. The molecule has 1 aromatic carbocycles. The van der Waals surface area contributed by atoms with Crippen LogP contribution in [-0.4, -0.2) is 16.2 Å². The third-order valence-corrected chi connectivity index (χ3v) is 6.99. The van der Waals surface area contributed by atoms with Gasteiger partial charge < -0.3 is 5.11 Å². The Morgan fingerprint density at radius 2 is 1.79 bits per heavy atom. The highest BCUT2D eigenvalue weighted by molar-refractivity contribution is 7.99. The van der Waals surface area contributed by atoms with Crippen molar-refractivity contribution in [2.45, 2.75) is 83.9 Å². The molecule has 1 fully saturated rings. The zero-order valence-electron chi connectivity index (χ0n) is 18.8. The number of rotatable bonds is 5. The SMILES string of the molecule is CC.CC.CCCc1ccc(C)s1.Oc1cc(Cl)cc(SCC2CCC(Cl)C2)c1. The summed E-state index contributed by atoms with van der Waals surface area (Å²) in [4.78, 5) is 3.98. The molecule has 1 aliphatic rings. The van der Waals surface area contributed by atoms with Crippen molar-refractivity contribution in [1.29, 1.82) is 0 Å². The number of thioether (sulfide) groups is 1. The summed E-state index contributed by atoms with van der Waals surface area (Å²) in [6.07, 6.45) is 5.97. The van der Waals surface area contributed by atoms with Gasteiger partial charge in [0, 0.05) is 30.8 Å². The maximum absolute atomic E-state index is 9.41. The van der Waals surface area contributed by atoms with Gasteiger partial charge in [-0.1, -0.05) is 52.6 Å². The molecule has 2 aromatic rings. The smallest absolute Gasteiger partial charge is 0.118 e. The average molecular weight is 478 g/mol. The molecular formula is C24H38Cl2OS2. The van der Waals surface area contributed by atoms with E-state index in [0.29, 0.717) is 16.3 Å². The summed E-state index contributed by atoms with van der Waals surface area (Å²) in [5, 5.41) is 10.4. The highest BCUT2D eigenvalue weighted by Gasteiger charge is 2.22. The van der Waals surface area contributed by atoms with Gasteiger partial charge in [-0.15, -0.1) is 34.7 Å². The van der Waals surface area contributed by atoms with Crippen LogP contribution in [-0.2, 0) is 6.42 Å². The number of benzene rings is 1. The third-order valence-electron chi connectivity index (χ3n) is 4.11. The Hall–Kier alpha value is -0.350. The van der Waals surface area contributed by atoms with Crippen molar-refractivity contribution in [3.8, 4) is 5.75 Å². The molecule has 2 atom stereocenters. The molecule has 3 rings (SSSR count). The predicted molar refractivity (Wildman–Crippen MR) is 137 cm³/mol. The van der Waals surface area contributed by atoms with Gasteiger partial charge in [-0.05, 0) is 68.9 Å². The van der Waals surface area contributed by atoms with Crippen molar-refractivity contribution < 1.29 is 5.11 Å². The van der Waals surface area contributed by atoms with E-state index in [1.807, 2.05) is 45.1 Å². The van der Waals surface area contributed by atoms with Crippen LogP contribution in [0.3, 0.4) is 0 Å². The minimum absolute atomic E-state index is 0.233. The molecule has 0 aliphatic heterocycles. The molecule has 1 saturated carbocycles. The summed E-state index contributed by atoms with van der Waals surface area (Å²) in [6, 6.07) is 9.61. The highest BCUT2D eigenvalue weighted by Crippen LogP contribution is 2.35. The summed E-state index contributed by atoms with van der Waals surface area (Å²) in [5.74, 6) is 1.99. The van der Waals surface area contributed by atoms with Crippen molar-refractivity contribution >= 4 is 46.3 Å². The fourth-order valence-electron chi connectivity index (χ4n) is 2.88. The number of hydrogen-bond acceptors (Lipinski definition) is 3. The Morgan fingerprint density at radius 3 is 2.28 bits per heavy atom. The van der Waals surface area contributed by atoms with Crippen molar-refractivity contribution in [2.24, 2.45) is 5.92 Å². The van der Waals surface area contributed by atoms with Gasteiger partial charge in [0.15, 0.2) is 0 Å². The van der Waals surface area contributed by atoms with E-state index in [4.69, 9.17) is 23.2 Å². The van der Waals surface area contributed by atoms with Crippen LogP contribution in [0.25, 0.3) is 0 Å². The Bertz CT molecular complexity index is 638. The molecule has 166 valence electrons. The van der Waals surface area contributed by atoms with E-state index in [1.54, 1.807) is 23.9 Å². The molecule has 0 bridgehead atoms. The number of thiophene rings is 1. The lowest BCUT2D eigenvalue weighted by Crippen LogP contribution is -1.98. The normalized spacial score (nSPS) is 17.2. The van der Waals surface area contributed by atoms with E-state index in [-0.39, 0.29) is 5.75 Å². The topological polar surface area (TPSA) is 20.2 Å². The minimum atomic E-state index is 0.233. The van der Waals surface area contributed by atoms with Gasteiger partial charge in [0.25, 0.3) is 0 Å². The monoisotopic (exact) mass is 476 g/mol. The van der Waals surface area contributed by atoms with Crippen LogP contribution in [0.15, 0.2) is 35.2 Å². The molecule has 1 aromatic heterocycles. The lowest BCUT2D eigenvalue weighted by Gasteiger charge is -2.09. The molecule has 0 amide bonds. The largest absolute Gasteiger partial charge is 0.508 e. The number of alkyl halides is 1. The second kappa shape index (κ2) is 17.3. The molecule has 0 spiro atoms. The first kappa shape index (κ1) is 28.6. The summed E-state index contributed by atoms with van der Waals surface area (Å²) >= 11 is 15.6. The molecule has 1 heterocycles. The van der Waals surface area contributed by atoms with Crippen LogP contribution in [0, 0.1) is 12.8 Å². The molecule has 5 heteroatoms. The summed E-state index contributed by atoms with van der Waals surface area (Å²) in [5.41, 5.74) is 0. The average Bonchev–Trinajstić information content (AvgIpc) is 3.31. The van der Waals surface area contributed by atoms with Crippen LogP contribution >= 0.6 is 46.3 Å². The zero-order chi connectivity index (χ0) is 22.2. The third kappa shape index (κ3) is 12.8. The summed E-state index contributed by atoms with van der Waals surface area (Å²) < 4.78 is 0. The van der Waals surface area contributed by atoms with E-state index >= 15 is 0 Å². The summed E-state index contributed by atoms with van der Waals surface area (Å²) in [6.45, 7) is 12.4. The number of phenols is 1. The second-order valence-electron chi connectivity index (χ2n) is 6.49. The molecule has 0 radical (unpaired) electrons. The molecule has 29 heavy (non-hydrogen) atoms. The van der Waals surface area contributed by atoms with Crippen LogP contribution in [0.5, 0.6) is 5.75 Å². The van der Waals surface area contributed by atoms with E-state index < -0.39 is 0 Å². The maximum atomic E-state index is 9.41. The standard InChI is InChI=1S/C12H14Cl2OS.C8H12S.2C2H6/c13-9-2-1-8(3-9)7-16-12-5-10(14)4-11(15)6-12;1-3-4-8-6-5-7(2)9-8;2*1-2/h4-6,8-9,15H,1-3,7H2;5-6H,3-4H2,1-2H3;2*1-2H3. The molecule has 0 saturated heterocycles. The van der Waals surface area contributed by atoms with Crippen molar-refractivity contribution in [2.75, 3.05) is 5.75 Å². The molecular weight excluding hydrogens is 439 g/mol. The van der Waals surface area contributed by atoms with Gasteiger partial charge in [0.1, 0.15) is 5.75 Å². The minimum Gasteiger partial charge on any atom is -0.508 e. The number of phenolic OH excluding ortho intramolecular Hbond substituents is 1. The Kier molecular flexibility index (Phi) is 17.1. The van der Waals surface area contributed by atoms with Crippen LogP contribution in [0.2, 0.25) is 5.02 Å². The van der Waals surface area contributed by atoms with Gasteiger partial charge in [0.05, 0.1) is 0 Å². The van der Waals surface area contributed by atoms with Gasteiger partial charge in [0.2, 0.25) is 0 Å². The fraction of sp³-hybridized carbons (Fsp3) is 0.583. The van der Waals surface area contributed by atoms with Crippen LogP contribution in [0.1, 0.15) is 70.1 Å². The van der Waals surface area contributed by atoms with Crippen molar-refractivity contribution in [3.05, 3.63) is 45.1 Å². The van der Waals surface area contributed by atoms with E-state index in [9.17, 15) is 5.11 Å². The first-order valence-corrected chi connectivity index (χ1v) is 13.4. The van der Waals surface area contributed by atoms with Gasteiger partial charge in [-0.2, -0.15) is 0 Å². The number of halogens is 2. The first-order chi connectivity index (χ1) is 14.0. The second-order valence-corrected chi connectivity index (χ2v) is 10.0. The van der Waals surface area contributed by atoms with E-state index in [2.05, 4.69) is 26.0 Å².